The maximum atomic E-state index is 4.87. The van der Waals surface area contributed by atoms with E-state index in [1.54, 1.807) is 0 Å². The Balaban J connectivity index is 1.72. The third kappa shape index (κ3) is 3.65. The number of rotatable bonds is 5. The van der Waals surface area contributed by atoms with Gasteiger partial charge in [0.15, 0.2) is 0 Å². The molecule has 0 radical (unpaired) electrons. The number of nitrogens with zero attached hydrogens (tertiary/aromatic N) is 4. The number of aromatic nitrogens is 3. The van der Waals surface area contributed by atoms with Gasteiger partial charge in [-0.2, -0.15) is 4.98 Å². The monoisotopic (exact) mass is 352 g/mol. The number of hydrogen-bond donors (Lipinski definition) is 2. The van der Waals surface area contributed by atoms with Crippen molar-refractivity contribution in [3.8, 4) is 0 Å². The number of fused-ring (bicyclic) bond motifs is 1. The summed E-state index contributed by atoms with van der Waals surface area (Å²) in [5.74, 6) is 2.41. The molecule has 138 valence electrons. The number of pyridine rings is 1. The summed E-state index contributed by atoms with van der Waals surface area (Å²) in [5, 5.41) is 7.24. The van der Waals surface area contributed by atoms with Crippen molar-refractivity contribution in [1.82, 2.24) is 20.3 Å². The lowest BCUT2D eigenvalue weighted by atomic mass is 10.0. The summed E-state index contributed by atoms with van der Waals surface area (Å²) in [4.78, 5) is 16.3. The van der Waals surface area contributed by atoms with Crippen LogP contribution in [0.1, 0.15) is 41.4 Å². The van der Waals surface area contributed by atoms with Crippen molar-refractivity contribution in [3.63, 3.8) is 0 Å². The smallest absolute Gasteiger partial charge is 0.227 e. The minimum atomic E-state index is 0.222. The lowest BCUT2D eigenvalue weighted by Gasteiger charge is -2.23. The molecule has 1 fully saturated rings. The van der Waals surface area contributed by atoms with Crippen molar-refractivity contribution in [1.29, 1.82) is 0 Å². The zero-order valence-electron chi connectivity index (χ0n) is 15.9. The Bertz CT molecular complexity index is 784. The van der Waals surface area contributed by atoms with Crippen LogP contribution in [-0.2, 0) is 12.8 Å². The molecule has 0 aromatic carbocycles. The van der Waals surface area contributed by atoms with E-state index in [-0.39, 0.29) is 6.04 Å². The van der Waals surface area contributed by atoms with Crippen LogP contribution in [0.3, 0.4) is 0 Å². The van der Waals surface area contributed by atoms with Crippen LogP contribution in [0.2, 0.25) is 0 Å². The van der Waals surface area contributed by atoms with Gasteiger partial charge in [0.2, 0.25) is 5.95 Å². The van der Waals surface area contributed by atoms with Gasteiger partial charge < -0.3 is 15.5 Å². The largest absolute Gasteiger partial charge is 0.361 e. The number of nitrogens with one attached hydrogen (secondary N) is 2. The highest BCUT2D eigenvalue weighted by Gasteiger charge is 2.34. The topological polar surface area (TPSA) is 66.0 Å². The number of anilines is 2. The lowest BCUT2D eigenvalue weighted by Crippen LogP contribution is -2.21. The van der Waals surface area contributed by atoms with Crippen molar-refractivity contribution < 1.29 is 0 Å². The molecule has 0 amide bonds. The van der Waals surface area contributed by atoms with E-state index in [0.717, 1.165) is 43.4 Å². The molecule has 6 heteroatoms. The molecular weight excluding hydrogens is 324 g/mol. The zero-order valence-corrected chi connectivity index (χ0v) is 15.9. The van der Waals surface area contributed by atoms with Gasteiger partial charge in [-0.3, -0.25) is 4.98 Å². The standard InChI is InChI=1S/C20H28N6/c1-13-6-11-22-17(12-13)18(14-4-5-14)24-19-15-7-9-21-10-8-16(15)23-20(25-19)26(2)3/h6,11-12,14,18,21H,4-5,7-10H2,1-3H3,(H,23,24,25)/t18-/m1/s1. The summed E-state index contributed by atoms with van der Waals surface area (Å²) in [6, 6.07) is 4.48. The van der Waals surface area contributed by atoms with E-state index >= 15 is 0 Å². The SMILES string of the molecule is Cc1ccnc([C@H](Nc2nc(N(C)C)nc3c2CCNCC3)C2CC2)c1. The van der Waals surface area contributed by atoms with Crippen molar-refractivity contribution in [2.24, 2.45) is 5.92 Å². The van der Waals surface area contributed by atoms with E-state index in [1.807, 2.05) is 25.2 Å². The highest BCUT2D eigenvalue weighted by Crippen LogP contribution is 2.43. The molecule has 2 aromatic heterocycles. The van der Waals surface area contributed by atoms with E-state index in [2.05, 4.69) is 34.7 Å². The van der Waals surface area contributed by atoms with Crippen LogP contribution in [0.15, 0.2) is 18.3 Å². The van der Waals surface area contributed by atoms with Gasteiger partial charge in [0.25, 0.3) is 0 Å². The zero-order chi connectivity index (χ0) is 18.1. The molecule has 0 saturated heterocycles. The van der Waals surface area contributed by atoms with Crippen LogP contribution >= 0.6 is 0 Å². The molecule has 0 bridgehead atoms. The average Bonchev–Trinajstić information content (AvgIpc) is 3.46. The molecule has 1 atom stereocenters. The Morgan fingerprint density at radius 2 is 2.00 bits per heavy atom. The molecule has 1 saturated carbocycles. The fourth-order valence-corrected chi connectivity index (χ4v) is 3.59. The summed E-state index contributed by atoms with van der Waals surface area (Å²) in [6.45, 7) is 4.08. The van der Waals surface area contributed by atoms with Gasteiger partial charge in [-0.05, 0) is 56.3 Å². The normalized spacial score (nSPS) is 18.0. The van der Waals surface area contributed by atoms with Crippen LogP contribution < -0.4 is 15.5 Å². The lowest BCUT2D eigenvalue weighted by molar-refractivity contribution is 0.651. The summed E-state index contributed by atoms with van der Waals surface area (Å²) >= 11 is 0. The highest BCUT2D eigenvalue weighted by atomic mass is 15.2. The molecule has 1 aliphatic heterocycles. The van der Waals surface area contributed by atoms with Crippen LogP contribution in [0.25, 0.3) is 0 Å². The van der Waals surface area contributed by atoms with Gasteiger partial charge in [0.05, 0.1) is 17.4 Å². The fraction of sp³-hybridized carbons (Fsp3) is 0.550. The minimum absolute atomic E-state index is 0.222. The molecule has 2 N–H and O–H groups in total. The molecule has 1 aliphatic carbocycles. The van der Waals surface area contributed by atoms with E-state index in [1.165, 1.54) is 29.7 Å². The first-order valence-corrected chi connectivity index (χ1v) is 9.59. The van der Waals surface area contributed by atoms with Crippen LogP contribution in [-0.4, -0.2) is 42.1 Å². The van der Waals surface area contributed by atoms with Gasteiger partial charge in [0.1, 0.15) is 5.82 Å². The van der Waals surface area contributed by atoms with Crippen molar-refractivity contribution >= 4 is 11.8 Å². The molecule has 0 unspecified atom stereocenters. The first-order chi connectivity index (χ1) is 12.6. The Hall–Kier alpha value is -2.21. The Morgan fingerprint density at radius 3 is 2.73 bits per heavy atom. The fourth-order valence-electron chi connectivity index (χ4n) is 3.59. The second kappa shape index (κ2) is 7.19. The molecule has 26 heavy (non-hydrogen) atoms. The Morgan fingerprint density at radius 1 is 1.19 bits per heavy atom. The molecule has 2 aromatic rings. The van der Waals surface area contributed by atoms with E-state index in [4.69, 9.17) is 9.97 Å². The predicted octanol–water partition coefficient (Wildman–Crippen LogP) is 2.50. The molecule has 3 heterocycles. The summed E-state index contributed by atoms with van der Waals surface area (Å²) in [7, 11) is 4.00. The number of aryl methyl sites for hydroxylation is 1. The molecular formula is C20H28N6. The Kier molecular flexibility index (Phi) is 4.76. The van der Waals surface area contributed by atoms with E-state index in [0.29, 0.717) is 5.92 Å². The second-order valence-electron chi connectivity index (χ2n) is 7.66. The summed E-state index contributed by atoms with van der Waals surface area (Å²) < 4.78 is 0. The highest BCUT2D eigenvalue weighted by molar-refractivity contribution is 5.53. The van der Waals surface area contributed by atoms with E-state index in [9.17, 15) is 0 Å². The van der Waals surface area contributed by atoms with Gasteiger partial charge in [-0.1, -0.05) is 0 Å². The summed E-state index contributed by atoms with van der Waals surface area (Å²) in [5.41, 5.74) is 4.81. The van der Waals surface area contributed by atoms with Crippen molar-refractivity contribution in [2.45, 2.75) is 38.6 Å². The predicted molar refractivity (Wildman–Crippen MR) is 105 cm³/mol. The van der Waals surface area contributed by atoms with Gasteiger partial charge in [-0.25, -0.2) is 4.98 Å². The summed E-state index contributed by atoms with van der Waals surface area (Å²) in [6.07, 6.45) is 6.33. The van der Waals surface area contributed by atoms with Gasteiger partial charge in [-0.15, -0.1) is 0 Å². The van der Waals surface area contributed by atoms with Crippen LogP contribution in [0.4, 0.5) is 11.8 Å². The van der Waals surface area contributed by atoms with Crippen molar-refractivity contribution in [3.05, 3.63) is 40.8 Å². The second-order valence-corrected chi connectivity index (χ2v) is 7.66. The number of hydrogen-bond acceptors (Lipinski definition) is 6. The first-order valence-electron chi connectivity index (χ1n) is 9.59. The third-order valence-electron chi connectivity index (χ3n) is 5.21. The van der Waals surface area contributed by atoms with Crippen molar-refractivity contribution in [2.75, 3.05) is 37.4 Å². The Labute approximate surface area is 155 Å². The first kappa shape index (κ1) is 17.2. The molecule has 2 aliphatic rings. The van der Waals surface area contributed by atoms with Gasteiger partial charge in [0, 0.05) is 38.8 Å². The maximum Gasteiger partial charge on any atom is 0.227 e. The van der Waals surface area contributed by atoms with E-state index < -0.39 is 0 Å². The maximum absolute atomic E-state index is 4.87. The molecule has 0 spiro atoms. The van der Waals surface area contributed by atoms with Crippen LogP contribution in [0, 0.1) is 12.8 Å². The molecule has 4 rings (SSSR count). The minimum Gasteiger partial charge on any atom is -0.361 e. The quantitative estimate of drug-likeness (QED) is 0.862. The molecule has 6 nitrogen and oxygen atoms in total. The van der Waals surface area contributed by atoms with Gasteiger partial charge >= 0.3 is 0 Å². The van der Waals surface area contributed by atoms with Crippen LogP contribution in [0.5, 0.6) is 0 Å². The third-order valence-corrected chi connectivity index (χ3v) is 5.21. The average molecular weight is 352 g/mol.